The van der Waals surface area contributed by atoms with Crippen molar-refractivity contribution in [2.75, 3.05) is 13.7 Å². The van der Waals surface area contributed by atoms with Crippen LogP contribution in [0.2, 0.25) is 0 Å². The molecule has 0 aromatic heterocycles. The molecule has 0 saturated carbocycles. The van der Waals surface area contributed by atoms with Gasteiger partial charge in [0.2, 0.25) is 0 Å². The second-order valence-electron chi connectivity index (χ2n) is 4.08. The summed E-state index contributed by atoms with van der Waals surface area (Å²) in [7, 11) is 1.79. The Morgan fingerprint density at radius 2 is 2.24 bits per heavy atom. The molecule has 0 amide bonds. The zero-order valence-corrected chi connectivity index (χ0v) is 15.8. The number of nitriles is 1. The number of hydrogen-bond donors (Lipinski definition) is 0. The van der Waals surface area contributed by atoms with Crippen molar-refractivity contribution in [1.29, 1.82) is 5.26 Å². The van der Waals surface area contributed by atoms with Gasteiger partial charge in [0.05, 0.1) is 5.82 Å². The second kappa shape index (κ2) is 7.88. The smallest absolute Gasteiger partial charge is 0.174 e. The van der Waals surface area contributed by atoms with Crippen molar-refractivity contribution < 1.29 is 41.8 Å². The average Bonchev–Trinajstić information content (AvgIpc) is 2.44. The Morgan fingerprint density at radius 1 is 1.52 bits per heavy atom. The molecule has 0 fully saturated rings. The first-order valence-electron chi connectivity index (χ1n) is 5.76. The van der Waals surface area contributed by atoms with E-state index in [1.165, 1.54) is 6.07 Å². The van der Waals surface area contributed by atoms with E-state index in [1.54, 1.807) is 30.2 Å². The number of allylic oxidation sites excluding steroid dienone is 3. The summed E-state index contributed by atoms with van der Waals surface area (Å²) in [5, 5.41) is 8.43. The van der Waals surface area contributed by atoms with Crippen molar-refractivity contribution in [3.63, 3.8) is 0 Å². The van der Waals surface area contributed by atoms with Crippen LogP contribution in [0.1, 0.15) is 5.56 Å². The van der Waals surface area contributed by atoms with E-state index in [-0.39, 0.29) is 39.3 Å². The molecule has 21 heavy (non-hydrogen) atoms. The van der Waals surface area contributed by atoms with Gasteiger partial charge >= 0.3 is 0 Å². The monoisotopic (exact) mass is 422 g/mol. The number of halogens is 2. The number of nitrogens with zero attached hydrogens (tertiary/aromatic N) is 2. The fourth-order valence-corrected chi connectivity index (χ4v) is 2.14. The molecule has 0 aliphatic carbocycles. The van der Waals surface area contributed by atoms with Crippen LogP contribution in [0.25, 0.3) is 5.70 Å². The quantitative estimate of drug-likeness (QED) is 0.698. The van der Waals surface area contributed by atoms with Gasteiger partial charge in [-0.15, -0.1) is 22.0 Å². The molecule has 1 aliphatic rings. The first-order chi connectivity index (χ1) is 9.54. The summed E-state index contributed by atoms with van der Waals surface area (Å²) in [5.41, 5.74) is 1.71. The molecule has 0 atom stereocenters. The number of benzene rings is 1. The molecular weight excluding hydrogens is 412 g/mol. The number of ether oxygens (including phenoxy) is 1. The van der Waals surface area contributed by atoms with E-state index in [4.69, 9.17) is 10.00 Å². The van der Waals surface area contributed by atoms with Gasteiger partial charge in [0.25, 0.3) is 0 Å². The molecule has 1 aliphatic heterocycles. The fourth-order valence-electron chi connectivity index (χ4n) is 1.76. The SMILES string of the molecule is C=C1C(Br)=C[C-]=C(c2ccc(OCC#N)cc2F)N1C.[Y]. The molecular formula is C15H11BrFN2OY-. The van der Waals surface area contributed by atoms with Gasteiger partial charge in [-0.2, -0.15) is 17.4 Å². The Hall–Kier alpha value is -0.956. The minimum atomic E-state index is -0.436. The van der Waals surface area contributed by atoms with E-state index in [9.17, 15) is 4.39 Å². The van der Waals surface area contributed by atoms with Crippen LogP contribution in [0, 0.1) is 23.2 Å². The van der Waals surface area contributed by atoms with Crippen LogP contribution in [0.3, 0.4) is 0 Å². The minimum absolute atomic E-state index is 0. The molecule has 1 radical (unpaired) electrons. The van der Waals surface area contributed by atoms with Crippen LogP contribution in [0.15, 0.2) is 41.0 Å². The molecule has 0 unspecified atom stereocenters. The minimum Gasteiger partial charge on any atom is -0.479 e. The van der Waals surface area contributed by atoms with Crippen molar-refractivity contribution >= 4 is 21.6 Å². The summed E-state index contributed by atoms with van der Waals surface area (Å²) in [6.45, 7) is 3.80. The fraction of sp³-hybridized carbons (Fsp3) is 0.133. The van der Waals surface area contributed by atoms with E-state index < -0.39 is 5.82 Å². The van der Waals surface area contributed by atoms with Crippen molar-refractivity contribution in [1.82, 2.24) is 4.90 Å². The van der Waals surface area contributed by atoms with Crippen molar-refractivity contribution in [3.05, 3.63) is 58.5 Å². The third kappa shape index (κ3) is 4.03. The van der Waals surface area contributed by atoms with E-state index in [2.05, 4.69) is 28.6 Å². The van der Waals surface area contributed by atoms with Crippen LogP contribution < -0.4 is 4.74 Å². The molecule has 2 rings (SSSR count). The first-order valence-corrected chi connectivity index (χ1v) is 6.55. The van der Waals surface area contributed by atoms with Gasteiger partial charge in [-0.25, -0.2) is 4.39 Å². The van der Waals surface area contributed by atoms with E-state index >= 15 is 0 Å². The van der Waals surface area contributed by atoms with Crippen molar-refractivity contribution in [3.8, 4) is 11.8 Å². The maximum Gasteiger partial charge on any atom is 0.174 e. The van der Waals surface area contributed by atoms with Gasteiger partial charge in [0.15, 0.2) is 6.61 Å². The predicted molar refractivity (Wildman–Crippen MR) is 78.1 cm³/mol. The summed E-state index contributed by atoms with van der Waals surface area (Å²) < 4.78 is 20.0. The Labute approximate surface area is 156 Å². The zero-order valence-electron chi connectivity index (χ0n) is 11.4. The van der Waals surface area contributed by atoms with E-state index in [0.717, 1.165) is 10.2 Å². The van der Waals surface area contributed by atoms with Gasteiger partial charge in [-0.1, -0.05) is 22.3 Å². The molecule has 1 heterocycles. The molecule has 105 valence electrons. The molecule has 3 nitrogen and oxygen atoms in total. The van der Waals surface area contributed by atoms with Crippen LogP contribution in [0.5, 0.6) is 5.75 Å². The summed E-state index contributed by atoms with van der Waals surface area (Å²) in [5.74, 6) is -0.114. The molecule has 6 heteroatoms. The molecule has 0 bridgehead atoms. The number of hydrogen-bond acceptors (Lipinski definition) is 3. The van der Waals surface area contributed by atoms with Gasteiger partial charge in [-0.3, -0.25) is 0 Å². The van der Waals surface area contributed by atoms with Crippen LogP contribution in [-0.2, 0) is 32.7 Å². The molecule has 0 N–H and O–H groups in total. The van der Waals surface area contributed by atoms with Gasteiger partial charge in [-0.05, 0) is 11.8 Å². The normalized spacial score (nSPS) is 13.8. The van der Waals surface area contributed by atoms with E-state index in [1.807, 2.05) is 6.07 Å². The van der Waals surface area contributed by atoms with Crippen molar-refractivity contribution in [2.45, 2.75) is 0 Å². The Kier molecular flexibility index (Phi) is 6.79. The zero-order chi connectivity index (χ0) is 14.7. The Balaban J connectivity index is 0.00000220. The number of likely N-dealkylation sites (N-methyl/N-ethyl adjacent to an activating group) is 1. The standard InChI is InChI=1S/C15H11BrFN2O.Y/c1-10-13(16)5-6-15(19(10)2)12-4-3-11(9-14(12)17)20-8-7-18;/h3-5,9H,1,8H2,2H3;/q-1;. The maximum absolute atomic E-state index is 14.1. The van der Waals surface area contributed by atoms with Crippen LogP contribution in [0.4, 0.5) is 4.39 Å². The third-order valence-corrected chi connectivity index (χ3v) is 3.54. The van der Waals surface area contributed by atoms with Gasteiger partial charge in [0.1, 0.15) is 11.8 Å². The molecule has 1 aromatic carbocycles. The summed E-state index contributed by atoms with van der Waals surface area (Å²) in [4.78, 5) is 1.75. The molecule has 1 aromatic rings. The summed E-state index contributed by atoms with van der Waals surface area (Å²) in [6.07, 6.45) is 4.71. The largest absolute Gasteiger partial charge is 0.479 e. The van der Waals surface area contributed by atoms with Crippen LogP contribution >= 0.6 is 15.9 Å². The molecule has 0 saturated heterocycles. The van der Waals surface area contributed by atoms with Crippen molar-refractivity contribution in [2.24, 2.45) is 0 Å². The van der Waals surface area contributed by atoms with Gasteiger partial charge in [0, 0.05) is 45.8 Å². The van der Waals surface area contributed by atoms with Crippen LogP contribution in [-0.4, -0.2) is 18.6 Å². The molecule has 0 spiro atoms. The predicted octanol–water partition coefficient (Wildman–Crippen LogP) is 3.61. The summed E-state index contributed by atoms with van der Waals surface area (Å²) >= 11 is 3.35. The number of rotatable bonds is 3. The summed E-state index contributed by atoms with van der Waals surface area (Å²) in [6, 6.07) is 6.31. The van der Waals surface area contributed by atoms with Gasteiger partial charge < -0.3 is 9.64 Å². The first kappa shape index (κ1) is 18.1. The maximum atomic E-state index is 14.1. The topological polar surface area (TPSA) is 36.3 Å². The Morgan fingerprint density at radius 3 is 2.86 bits per heavy atom. The van der Waals surface area contributed by atoms with E-state index in [0.29, 0.717) is 17.0 Å². The Bertz CT molecular complexity index is 664. The third-order valence-electron chi connectivity index (χ3n) is 2.85. The second-order valence-corrected chi connectivity index (χ2v) is 4.93. The average molecular weight is 423 g/mol.